The van der Waals surface area contributed by atoms with Crippen LogP contribution in [-0.4, -0.2) is 47.0 Å². The van der Waals surface area contributed by atoms with E-state index in [1.165, 1.54) is 42.9 Å². The molecule has 0 aliphatic rings. The lowest BCUT2D eigenvalue weighted by atomic mass is 10.1. The Morgan fingerprint density at radius 3 is 2.74 bits per heavy atom. The van der Waals surface area contributed by atoms with Crippen molar-refractivity contribution in [1.82, 2.24) is 9.47 Å². The number of aliphatic imine (C=N–C) groups is 1. The minimum atomic E-state index is -1.30. The zero-order chi connectivity index (χ0) is 20.0. The summed E-state index contributed by atoms with van der Waals surface area (Å²) >= 11 is 0. The third kappa shape index (κ3) is 5.02. The molecule has 27 heavy (non-hydrogen) atoms. The van der Waals surface area contributed by atoms with E-state index in [2.05, 4.69) is 10.3 Å². The number of rotatable bonds is 5. The second kappa shape index (κ2) is 8.44. The number of aromatic nitrogens is 1. The number of anilines is 1. The van der Waals surface area contributed by atoms with Crippen molar-refractivity contribution in [3.8, 4) is 6.07 Å². The van der Waals surface area contributed by atoms with Crippen LogP contribution in [0.3, 0.4) is 0 Å². The van der Waals surface area contributed by atoms with Crippen molar-refractivity contribution >= 4 is 35.8 Å². The van der Waals surface area contributed by atoms with E-state index >= 15 is 0 Å². The summed E-state index contributed by atoms with van der Waals surface area (Å²) in [4.78, 5) is 28.8. The molecule has 0 saturated carbocycles. The van der Waals surface area contributed by atoms with Gasteiger partial charge in [-0.3, -0.25) is 9.36 Å². The molecule has 8 nitrogen and oxygen atoms in total. The van der Waals surface area contributed by atoms with E-state index < -0.39 is 17.8 Å². The van der Waals surface area contributed by atoms with E-state index in [1.807, 2.05) is 6.07 Å². The number of amides is 1. The van der Waals surface area contributed by atoms with Crippen LogP contribution in [0.25, 0.3) is 6.08 Å². The van der Waals surface area contributed by atoms with Crippen LogP contribution in [-0.2, 0) is 4.79 Å². The second-order valence-corrected chi connectivity index (χ2v) is 5.58. The van der Waals surface area contributed by atoms with Crippen molar-refractivity contribution in [3.05, 3.63) is 53.6 Å². The summed E-state index contributed by atoms with van der Waals surface area (Å²) in [5.74, 6) is -2.24. The molecule has 0 radical (unpaired) electrons. The minimum Gasteiger partial charge on any atom is -0.464 e. The summed E-state index contributed by atoms with van der Waals surface area (Å²) in [5.41, 5.74) is 0.813. The number of carboxylic acid groups (broad SMARTS) is 1. The number of nitriles is 1. The quantitative estimate of drug-likeness (QED) is 0.478. The van der Waals surface area contributed by atoms with Gasteiger partial charge in [0.25, 0.3) is 5.91 Å². The number of benzene rings is 1. The van der Waals surface area contributed by atoms with Crippen molar-refractivity contribution in [2.24, 2.45) is 4.99 Å². The lowest BCUT2D eigenvalue weighted by molar-refractivity contribution is -0.114. The molecule has 0 bridgehead atoms. The summed E-state index contributed by atoms with van der Waals surface area (Å²) in [6.45, 7) is 0. The van der Waals surface area contributed by atoms with Crippen molar-refractivity contribution in [3.63, 3.8) is 0 Å². The molecule has 1 heterocycles. The normalized spacial score (nSPS) is 11.3. The fraction of sp³-hybridized carbons (Fsp3) is 0.111. The predicted octanol–water partition coefficient (Wildman–Crippen LogP) is 3.06. The van der Waals surface area contributed by atoms with Gasteiger partial charge in [0, 0.05) is 32.1 Å². The number of nitrogens with zero attached hydrogens (tertiary/aromatic N) is 4. The van der Waals surface area contributed by atoms with Gasteiger partial charge in [0.2, 0.25) is 0 Å². The van der Waals surface area contributed by atoms with Crippen molar-refractivity contribution < 1.29 is 19.1 Å². The molecular weight excluding hydrogens is 353 g/mol. The van der Waals surface area contributed by atoms with Crippen molar-refractivity contribution in [2.75, 3.05) is 19.4 Å². The number of carbonyl (C=O) groups excluding carboxylic acids is 1. The second-order valence-electron chi connectivity index (χ2n) is 5.58. The molecule has 2 rings (SSSR count). The summed E-state index contributed by atoms with van der Waals surface area (Å²) in [5, 5.41) is 20.5. The summed E-state index contributed by atoms with van der Waals surface area (Å²) in [6, 6.07) is 9.09. The molecule has 0 atom stereocenters. The predicted molar refractivity (Wildman–Crippen MR) is 98.6 cm³/mol. The molecule has 0 aliphatic heterocycles. The first-order chi connectivity index (χ1) is 12.8. The Hall–Kier alpha value is -3.93. The zero-order valence-corrected chi connectivity index (χ0v) is 14.5. The molecule has 0 saturated heterocycles. The first-order valence-corrected chi connectivity index (χ1v) is 7.66. The highest BCUT2D eigenvalue weighted by Gasteiger charge is 2.13. The highest BCUT2D eigenvalue weighted by atomic mass is 19.1. The summed E-state index contributed by atoms with van der Waals surface area (Å²) in [6.07, 6.45) is 2.26. The van der Waals surface area contributed by atoms with Crippen LogP contribution in [0.4, 0.5) is 20.6 Å². The molecular formula is C18H16FN5O3. The van der Waals surface area contributed by atoms with E-state index in [4.69, 9.17) is 5.11 Å². The van der Waals surface area contributed by atoms with Crippen LogP contribution in [0.2, 0.25) is 0 Å². The Morgan fingerprint density at radius 2 is 2.11 bits per heavy atom. The molecule has 9 heteroatoms. The molecule has 0 spiro atoms. The molecule has 0 aliphatic carbocycles. The van der Waals surface area contributed by atoms with Gasteiger partial charge in [0.05, 0.1) is 23.3 Å². The molecule has 0 unspecified atom stereocenters. The number of halogens is 1. The van der Waals surface area contributed by atoms with Gasteiger partial charge in [-0.15, -0.1) is 0 Å². The first-order valence-electron chi connectivity index (χ1n) is 7.66. The molecule has 1 aromatic heterocycles. The van der Waals surface area contributed by atoms with Crippen LogP contribution >= 0.6 is 0 Å². The average molecular weight is 369 g/mol. The number of carbonyl (C=O) groups is 2. The lowest BCUT2D eigenvalue weighted by Crippen LogP contribution is -2.13. The molecule has 1 amide bonds. The molecule has 2 aromatic rings. The zero-order valence-electron chi connectivity index (χ0n) is 14.5. The fourth-order valence-electron chi connectivity index (χ4n) is 2.07. The molecule has 0 fully saturated rings. The Balaban J connectivity index is 2.20. The Kier molecular flexibility index (Phi) is 6.06. The topological polar surface area (TPSA) is 111 Å². The van der Waals surface area contributed by atoms with Gasteiger partial charge in [-0.25, -0.2) is 14.2 Å². The largest absolute Gasteiger partial charge is 0.464 e. The van der Waals surface area contributed by atoms with Crippen molar-refractivity contribution in [1.29, 1.82) is 5.26 Å². The number of hydrogen-bond acceptors (Lipinski definition) is 4. The van der Waals surface area contributed by atoms with Gasteiger partial charge in [-0.2, -0.15) is 5.26 Å². The number of nitrogens with one attached hydrogen (secondary N) is 1. The van der Waals surface area contributed by atoms with Crippen LogP contribution < -0.4 is 5.32 Å². The standard InChI is InChI=1S/C18H16FN5O3/c1-23(2)11-21-16-6-5-13(8-12(16)10-20)22-17(25)15(19)9-14-4-3-7-24(14)18(26)27/h3-9,11H,1-2H3,(H,22,25)(H,26,27)/b15-9+,21-11?. The van der Waals surface area contributed by atoms with E-state index in [9.17, 15) is 19.2 Å². The first kappa shape index (κ1) is 19.4. The van der Waals surface area contributed by atoms with Crippen LogP contribution in [0.1, 0.15) is 11.3 Å². The van der Waals surface area contributed by atoms with Gasteiger partial charge < -0.3 is 15.3 Å². The maximum atomic E-state index is 14.1. The van der Waals surface area contributed by atoms with Crippen LogP contribution in [0.5, 0.6) is 0 Å². The fourth-order valence-corrected chi connectivity index (χ4v) is 2.07. The van der Waals surface area contributed by atoms with Gasteiger partial charge in [0.1, 0.15) is 6.07 Å². The maximum Gasteiger partial charge on any atom is 0.415 e. The van der Waals surface area contributed by atoms with Gasteiger partial charge in [-0.05, 0) is 30.3 Å². The lowest BCUT2D eigenvalue weighted by Gasteiger charge is -2.07. The van der Waals surface area contributed by atoms with E-state index in [0.717, 1.165) is 10.6 Å². The Morgan fingerprint density at radius 1 is 1.37 bits per heavy atom. The van der Waals surface area contributed by atoms with E-state index in [1.54, 1.807) is 19.0 Å². The van der Waals surface area contributed by atoms with E-state index in [0.29, 0.717) is 5.69 Å². The van der Waals surface area contributed by atoms with Gasteiger partial charge in [-0.1, -0.05) is 0 Å². The SMILES string of the molecule is CN(C)C=Nc1ccc(NC(=O)/C(F)=C\c2cccn2C(=O)O)cc1C#N. The van der Waals surface area contributed by atoms with Crippen LogP contribution in [0.15, 0.2) is 47.3 Å². The maximum absolute atomic E-state index is 14.1. The van der Waals surface area contributed by atoms with Crippen molar-refractivity contribution in [2.45, 2.75) is 0 Å². The highest BCUT2D eigenvalue weighted by molar-refractivity contribution is 6.05. The molecule has 138 valence electrons. The molecule has 2 N–H and O–H groups in total. The third-order valence-corrected chi connectivity index (χ3v) is 3.28. The summed E-state index contributed by atoms with van der Waals surface area (Å²) in [7, 11) is 3.56. The monoisotopic (exact) mass is 369 g/mol. The highest BCUT2D eigenvalue weighted by Crippen LogP contribution is 2.23. The Labute approximate surface area is 154 Å². The smallest absolute Gasteiger partial charge is 0.415 e. The summed E-state index contributed by atoms with van der Waals surface area (Å²) < 4.78 is 14.9. The van der Waals surface area contributed by atoms with Gasteiger partial charge >= 0.3 is 6.09 Å². The average Bonchev–Trinajstić information content (AvgIpc) is 3.08. The van der Waals surface area contributed by atoms with Gasteiger partial charge in [0.15, 0.2) is 5.83 Å². The Bertz CT molecular complexity index is 970. The van der Waals surface area contributed by atoms with Crippen LogP contribution in [0, 0.1) is 11.3 Å². The molecule has 1 aromatic carbocycles. The van der Waals surface area contributed by atoms with E-state index in [-0.39, 0.29) is 16.9 Å². The minimum absolute atomic E-state index is 0.00114. The third-order valence-electron chi connectivity index (χ3n) is 3.28. The number of hydrogen-bond donors (Lipinski definition) is 2.